The highest BCUT2D eigenvalue weighted by atomic mass is 32.2. The van der Waals surface area contributed by atoms with Crippen molar-refractivity contribution in [3.05, 3.63) is 92.1 Å². The Kier molecular flexibility index (Phi) is 7.83. The lowest BCUT2D eigenvalue weighted by Crippen LogP contribution is -2.31. The predicted molar refractivity (Wildman–Crippen MR) is 154 cm³/mol. The first-order chi connectivity index (χ1) is 18.8. The number of anilines is 1. The number of rotatable bonds is 9. The second kappa shape index (κ2) is 11.3. The van der Waals surface area contributed by atoms with Gasteiger partial charge in [-0.15, -0.1) is 21.5 Å². The van der Waals surface area contributed by atoms with E-state index in [4.69, 9.17) is 4.74 Å². The van der Waals surface area contributed by atoms with Crippen LogP contribution < -0.4 is 9.64 Å². The van der Waals surface area contributed by atoms with Crippen molar-refractivity contribution < 1.29 is 19.4 Å². The molecule has 200 valence electrons. The second-order valence-electron chi connectivity index (χ2n) is 8.95. The van der Waals surface area contributed by atoms with Gasteiger partial charge in [-0.3, -0.25) is 14.5 Å². The number of aliphatic hydroxyl groups is 1. The van der Waals surface area contributed by atoms with E-state index in [1.807, 2.05) is 20.8 Å². The van der Waals surface area contributed by atoms with Crippen LogP contribution in [0.5, 0.6) is 5.75 Å². The molecular weight excluding hydrogens is 553 g/mol. The van der Waals surface area contributed by atoms with Gasteiger partial charge in [0.2, 0.25) is 10.9 Å². The summed E-state index contributed by atoms with van der Waals surface area (Å²) in [5.41, 5.74) is 3.50. The number of ether oxygens (including phenoxy) is 1. The van der Waals surface area contributed by atoms with E-state index in [0.29, 0.717) is 43.7 Å². The van der Waals surface area contributed by atoms with Gasteiger partial charge < -0.3 is 9.84 Å². The van der Waals surface area contributed by atoms with Crippen LogP contribution >= 0.6 is 34.4 Å². The lowest BCUT2D eigenvalue weighted by atomic mass is 9.95. The van der Waals surface area contributed by atoms with Crippen LogP contribution in [-0.2, 0) is 10.5 Å². The van der Waals surface area contributed by atoms with Gasteiger partial charge >= 0.3 is 0 Å². The number of carbonyl (C=O) groups is 2. The van der Waals surface area contributed by atoms with E-state index in [2.05, 4.69) is 39.4 Å². The third kappa shape index (κ3) is 5.47. The molecule has 1 atom stereocenters. The minimum absolute atomic E-state index is 0.00976. The number of benzene rings is 2. The summed E-state index contributed by atoms with van der Waals surface area (Å²) in [6, 6.07) is 14.5. The average Bonchev–Trinajstić information content (AvgIpc) is 3.59. The van der Waals surface area contributed by atoms with Gasteiger partial charge in [0.05, 0.1) is 33.8 Å². The largest absolute Gasteiger partial charge is 0.503 e. The molecule has 1 N–H and O–H groups in total. The van der Waals surface area contributed by atoms with Gasteiger partial charge in [0, 0.05) is 5.75 Å². The van der Waals surface area contributed by atoms with Gasteiger partial charge in [-0.2, -0.15) is 0 Å². The molecule has 0 bridgehead atoms. The van der Waals surface area contributed by atoms with Gasteiger partial charge in [0.1, 0.15) is 5.75 Å². The van der Waals surface area contributed by atoms with Gasteiger partial charge in [0.15, 0.2) is 10.1 Å². The van der Waals surface area contributed by atoms with Crippen molar-refractivity contribution in [3.8, 4) is 5.75 Å². The number of carbonyl (C=O) groups excluding carboxylic acids is 2. The standard InChI is InChI=1S/C28H26N4O4S3/c1-5-36-20-8-6-7-19(13-20)22-21(23(33)25-16(3)29-17(4)38-25)24(34)26(35)32(22)27-30-31-28(39-27)37-14-18-11-9-15(2)10-12-18/h6-13,22,34H,5,14H2,1-4H3. The van der Waals surface area contributed by atoms with Gasteiger partial charge in [-0.05, 0) is 51.0 Å². The van der Waals surface area contributed by atoms with Crippen LogP contribution in [0.25, 0.3) is 0 Å². The lowest BCUT2D eigenvalue weighted by molar-refractivity contribution is -0.117. The summed E-state index contributed by atoms with van der Waals surface area (Å²) >= 11 is 4.00. The molecule has 3 heterocycles. The molecule has 0 radical (unpaired) electrons. The average molecular weight is 579 g/mol. The Hall–Kier alpha value is -3.54. The summed E-state index contributed by atoms with van der Waals surface area (Å²) in [4.78, 5) is 33.4. The van der Waals surface area contributed by atoms with Gasteiger partial charge in [-0.25, -0.2) is 4.98 Å². The first-order valence-electron chi connectivity index (χ1n) is 12.3. The molecule has 8 nitrogen and oxygen atoms in total. The number of Topliss-reactive ketones (excluding diaryl/α,β-unsaturated/α-hetero) is 1. The monoisotopic (exact) mass is 578 g/mol. The number of aromatic nitrogens is 3. The summed E-state index contributed by atoms with van der Waals surface area (Å²) in [7, 11) is 0. The van der Waals surface area contributed by atoms with Crippen molar-refractivity contribution >= 4 is 51.3 Å². The van der Waals surface area contributed by atoms with Crippen LogP contribution in [0, 0.1) is 20.8 Å². The van der Waals surface area contributed by atoms with E-state index in [-0.39, 0.29) is 5.57 Å². The number of hydrogen-bond donors (Lipinski definition) is 1. The van der Waals surface area contributed by atoms with Crippen molar-refractivity contribution in [1.29, 1.82) is 0 Å². The van der Waals surface area contributed by atoms with Crippen LogP contribution in [0.1, 0.15) is 50.0 Å². The van der Waals surface area contributed by atoms with E-state index < -0.39 is 23.5 Å². The van der Waals surface area contributed by atoms with E-state index in [1.54, 1.807) is 31.2 Å². The number of aliphatic hydroxyl groups excluding tert-OH is 1. The van der Waals surface area contributed by atoms with Crippen LogP contribution in [0.4, 0.5) is 5.13 Å². The lowest BCUT2D eigenvalue weighted by Gasteiger charge is -2.24. The quantitative estimate of drug-likeness (QED) is 0.138. The molecule has 0 saturated heterocycles. The zero-order chi connectivity index (χ0) is 27.7. The van der Waals surface area contributed by atoms with Gasteiger partial charge in [0.25, 0.3) is 5.91 Å². The Labute approximate surface area is 238 Å². The Bertz CT molecular complexity index is 1580. The molecule has 1 aliphatic heterocycles. The second-order valence-corrected chi connectivity index (χ2v) is 12.3. The molecule has 1 amide bonds. The summed E-state index contributed by atoms with van der Waals surface area (Å²) in [5.74, 6) is -0.440. The maximum Gasteiger partial charge on any atom is 0.296 e. The number of nitrogens with zero attached hydrogens (tertiary/aromatic N) is 4. The Balaban J connectivity index is 1.52. The fourth-order valence-corrected chi connectivity index (χ4v) is 7.04. The highest BCUT2D eigenvalue weighted by Gasteiger charge is 2.46. The SMILES string of the molecule is CCOc1cccc(C2C(C(=O)c3sc(C)nc3C)=C(O)C(=O)N2c2nnc(SCc3ccc(C)cc3)s2)c1. The summed E-state index contributed by atoms with van der Waals surface area (Å²) < 4.78 is 6.36. The first kappa shape index (κ1) is 27.0. The van der Waals surface area contributed by atoms with E-state index >= 15 is 0 Å². The summed E-state index contributed by atoms with van der Waals surface area (Å²) in [6.45, 7) is 7.94. The van der Waals surface area contributed by atoms with E-state index in [0.717, 1.165) is 10.6 Å². The van der Waals surface area contributed by atoms with Crippen LogP contribution in [0.3, 0.4) is 0 Å². The Morgan fingerprint density at radius 1 is 1.10 bits per heavy atom. The molecule has 2 aromatic carbocycles. The number of thioether (sulfide) groups is 1. The highest BCUT2D eigenvalue weighted by molar-refractivity contribution is 8.00. The Morgan fingerprint density at radius 2 is 1.87 bits per heavy atom. The van der Waals surface area contributed by atoms with E-state index in [9.17, 15) is 14.7 Å². The molecular formula is C28H26N4O4S3. The summed E-state index contributed by atoms with van der Waals surface area (Å²) in [6.07, 6.45) is 0. The van der Waals surface area contributed by atoms with Crippen molar-refractivity contribution in [1.82, 2.24) is 15.2 Å². The smallest absolute Gasteiger partial charge is 0.296 e. The first-order valence-corrected chi connectivity index (χ1v) is 14.9. The van der Waals surface area contributed by atoms with Crippen LogP contribution in [0.15, 0.2) is 64.2 Å². The number of thiazole rings is 1. The highest BCUT2D eigenvalue weighted by Crippen LogP contribution is 2.45. The molecule has 0 spiro atoms. The molecule has 0 aliphatic carbocycles. The minimum Gasteiger partial charge on any atom is -0.503 e. The molecule has 1 unspecified atom stereocenters. The van der Waals surface area contributed by atoms with Crippen molar-refractivity contribution in [3.63, 3.8) is 0 Å². The van der Waals surface area contributed by atoms with Crippen molar-refractivity contribution in [2.45, 2.75) is 43.8 Å². The number of hydrogen-bond acceptors (Lipinski definition) is 10. The molecule has 39 heavy (non-hydrogen) atoms. The normalized spacial score (nSPS) is 15.3. The molecule has 0 saturated carbocycles. The summed E-state index contributed by atoms with van der Waals surface area (Å²) in [5, 5.41) is 20.7. The maximum absolute atomic E-state index is 13.8. The minimum atomic E-state index is -0.907. The predicted octanol–water partition coefficient (Wildman–Crippen LogP) is 6.39. The Morgan fingerprint density at radius 3 is 2.56 bits per heavy atom. The molecule has 1 aliphatic rings. The van der Waals surface area contributed by atoms with Gasteiger partial charge in [-0.1, -0.05) is 65.1 Å². The zero-order valence-electron chi connectivity index (χ0n) is 21.8. The van der Waals surface area contributed by atoms with Crippen LogP contribution in [-0.4, -0.2) is 38.6 Å². The zero-order valence-corrected chi connectivity index (χ0v) is 24.2. The number of ketones is 1. The number of amides is 1. The fourth-order valence-electron chi connectivity index (χ4n) is 4.34. The number of aryl methyl sites for hydroxylation is 3. The topological polar surface area (TPSA) is 106 Å². The molecule has 5 rings (SSSR count). The molecule has 11 heteroatoms. The third-order valence-corrected chi connectivity index (χ3v) is 9.33. The van der Waals surface area contributed by atoms with Crippen molar-refractivity contribution in [2.75, 3.05) is 11.5 Å². The van der Waals surface area contributed by atoms with E-state index in [1.165, 1.54) is 44.9 Å². The fraction of sp³-hybridized carbons (Fsp3) is 0.250. The molecule has 0 fully saturated rings. The third-order valence-electron chi connectivity index (χ3n) is 6.13. The van der Waals surface area contributed by atoms with Crippen molar-refractivity contribution in [2.24, 2.45) is 0 Å². The van der Waals surface area contributed by atoms with Crippen LogP contribution in [0.2, 0.25) is 0 Å². The molecule has 2 aromatic heterocycles. The molecule has 4 aromatic rings. The maximum atomic E-state index is 13.8.